The van der Waals surface area contributed by atoms with E-state index >= 15 is 0 Å². The van der Waals surface area contributed by atoms with E-state index in [-0.39, 0.29) is 5.69 Å². The number of nitro groups is 1. The summed E-state index contributed by atoms with van der Waals surface area (Å²) >= 11 is 0. The number of nitro benzene ring substituents is 1. The van der Waals surface area contributed by atoms with Crippen LogP contribution in [0.4, 0.5) is 5.69 Å². The van der Waals surface area contributed by atoms with Crippen LogP contribution in [0.1, 0.15) is 16.7 Å². The van der Waals surface area contributed by atoms with Crippen molar-refractivity contribution in [1.82, 2.24) is 0 Å². The number of aryl methyl sites for hydroxylation is 1. The van der Waals surface area contributed by atoms with Gasteiger partial charge in [-0.15, -0.1) is 0 Å². The Hall–Kier alpha value is -2.89. The van der Waals surface area contributed by atoms with Gasteiger partial charge in [0, 0.05) is 17.7 Å². The van der Waals surface area contributed by atoms with Crippen molar-refractivity contribution in [3.05, 3.63) is 69.3 Å². The van der Waals surface area contributed by atoms with Crippen molar-refractivity contribution < 1.29 is 14.9 Å². The van der Waals surface area contributed by atoms with E-state index in [1.165, 1.54) is 18.2 Å². The molecule has 0 amide bonds. The molecule has 6 heteroatoms. The highest BCUT2D eigenvalue weighted by Crippen LogP contribution is 2.24. The van der Waals surface area contributed by atoms with Crippen LogP contribution in [0.5, 0.6) is 5.75 Å². The zero-order valence-corrected chi connectivity index (χ0v) is 11.4. The maximum atomic E-state index is 10.8. The summed E-state index contributed by atoms with van der Waals surface area (Å²) < 4.78 is 5.67. The molecular weight excluding hydrogens is 272 g/mol. The monoisotopic (exact) mass is 286 g/mol. The van der Waals surface area contributed by atoms with E-state index in [9.17, 15) is 10.1 Å². The number of nitrogens with zero attached hydrogens (tertiary/aromatic N) is 2. The molecule has 0 spiro atoms. The largest absolute Gasteiger partial charge is 0.488 e. The smallest absolute Gasteiger partial charge is 0.270 e. The molecule has 0 aliphatic rings. The van der Waals surface area contributed by atoms with Gasteiger partial charge in [-0.25, -0.2) is 0 Å². The van der Waals surface area contributed by atoms with Crippen LogP contribution in [0, 0.1) is 17.0 Å². The van der Waals surface area contributed by atoms with Crippen LogP contribution in [0.25, 0.3) is 0 Å². The quantitative estimate of drug-likeness (QED) is 0.395. The third-order valence-electron chi connectivity index (χ3n) is 3.05. The van der Waals surface area contributed by atoms with Crippen LogP contribution < -0.4 is 4.74 Å². The normalized spacial score (nSPS) is 10.7. The lowest BCUT2D eigenvalue weighted by atomic mass is 10.1. The maximum absolute atomic E-state index is 10.8. The number of non-ortho nitro benzene ring substituents is 1. The Balaban J connectivity index is 2.23. The van der Waals surface area contributed by atoms with E-state index in [1.807, 2.05) is 31.2 Å². The predicted molar refractivity (Wildman–Crippen MR) is 78.0 cm³/mol. The second kappa shape index (κ2) is 6.51. The van der Waals surface area contributed by atoms with E-state index in [4.69, 9.17) is 9.94 Å². The summed E-state index contributed by atoms with van der Waals surface area (Å²) in [6.45, 7) is 2.31. The SMILES string of the molecule is Cc1ccccc1COc1ccc([N+](=O)[O-])cc1/C=N/O. The van der Waals surface area contributed by atoms with Crippen molar-refractivity contribution in [2.45, 2.75) is 13.5 Å². The second-order valence-electron chi connectivity index (χ2n) is 4.44. The Bertz CT molecular complexity index is 683. The highest BCUT2D eigenvalue weighted by Gasteiger charge is 2.11. The summed E-state index contributed by atoms with van der Waals surface area (Å²) in [4.78, 5) is 10.2. The fourth-order valence-electron chi connectivity index (χ4n) is 1.87. The van der Waals surface area contributed by atoms with Crippen LogP contribution in [-0.4, -0.2) is 16.3 Å². The molecule has 0 radical (unpaired) electrons. The molecule has 1 N–H and O–H groups in total. The maximum Gasteiger partial charge on any atom is 0.270 e. The van der Waals surface area contributed by atoms with Crippen molar-refractivity contribution in [3.8, 4) is 5.75 Å². The molecule has 0 unspecified atom stereocenters. The van der Waals surface area contributed by atoms with Gasteiger partial charge < -0.3 is 9.94 Å². The summed E-state index contributed by atoms with van der Waals surface area (Å²) in [5.74, 6) is 0.418. The van der Waals surface area contributed by atoms with Gasteiger partial charge in [-0.2, -0.15) is 0 Å². The molecule has 108 valence electrons. The summed E-state index contributed by atoms with van der Waals surface area (Å²) in [7, 11) is 0. The lowest BCUT2D eigenvalue weighted by molar-refractivity contribution is -0.384. The topological polar surface area (TPSA) is 85.0 Å². The predicted octanol–water partition coefficient (Wildman–Crippen LogP) is 3.29. The first-order valence-electron chi connectivity index (χ1n) is 6.25. The molecule has 0 aliphatic heterocycles. The molecule has 0 aliphatic carbocycles. The summed E-state index contributed by atoms with van der Waals surface area (Å²) in [6, 6.07) is 11.9. The highest BCUT2D eigenvalue weighted by molar-refractivity contribution is 5.84. The molecule has 2 aromatic rings. The fourth-order valence-corrected chi connectivity index (χ4v) is 1.87. The van der Waals surface area contributed by atoms with E-state index < -0.39 is 4.92 Å². The highest BCUT2D eigenvalue weighted by atomic mass is 16.6. The third kappa shape index (κ3) is 3.56. The molecule has 2 aromatic carbocycles. The van der Waals surface area contributed by atoms with E-state index in [1.54, 1.807) is 0 Å². The number of benzene rings is 2. The molecule has 0 atom stereocenters. The summed E-state index contributed by atoms with van der Waals surface area (Å²) in [5, 5.41) is 22.3. The molecule has 0 saturated heterocycles. The minimum atomic E-state index is -0.514. The molecule has 2 rings (SSSR count). The van der Waals surface area contributed by atoms with Crippen LogP contribution in [0.2, 0.25) is 0 Å². The van der Waals surface area contributed by atoms with Crippen molar-refractivity contribution in [2.75, 3.05) is 0 Å². The number of rotatable bonds is 5. The zero-order chi connectivity index (χ0) is 15.2. The van der Waals surface area contributed by atoms with Crippen molar-refractivity contribution in [3.63, 3.8) is 0 Å². The van der Waals surface area contributed by atoms with Crippen molar-refractivity contribution >= 4 is 11.9 Å². The first-order valence-corrected chi connectivity index (χ1v) is 6.25. The van der Waals surface area contributed by atoms with Crippen molar-refractivity contribution in [1.29, 1.82) is 0 Å². The van der Waals surface area contributed by atoms with Gasteiger partial charge in [0.1, 0.15) is 12.4 Å². The van der Waals surface area contributed by atoms with Gasteiger partial charge in [0.05, 0.1) is 11.1 Å². The Morgan fingerprint density at radius 1 is 1.33 bits per heavy atom. The number of hydrogen-bond acceptors (Lipinski definition) is 5. The fraction of sp³-hybridized carbons (Fsp3) is 0.133. The third-order valence-corrected chi connectivity index (χ3v) is 3.05. The zero-order valence-electron chi connectivity index (χ0n) is 11.4. The van der Waals surface area contributed by atoms with Gasteiger partial charge in [0.15, 0.2) is 0 Å². The minimum absolute atomic E-state index is 0.0897. The average Bonchev–Trinajstić information content (AvgIpc) is 2.47. The Morgan fingerprint density at radius 2 is 2.10 bits per heavy atom. The standard InChI is InChI=1S/C15H14N2O4/c1-11-4-2-3-5-12(11)10-21-15-7-6-14(17(19)20)8-13(15)9-16-18/h2-9,18H,10H2,1H3/b16-9+. The minimum Gasteiger partial charge on any atom is -0.488 e. The Morgan fingerprint density at radius 3 is 2.76 bits per heavy atom. The molecule has 0 fully saturated rings. The number of hydrogen-bond donors (Lipinski definition) is 1. The number of oxime groups is 1. The molecule has 0 bridgehead atoms. The second-order valence-corrected chi connectivity index (χ2v) is 4.44. The Kier molecular flexibility index (Phi) is 4.50. The molecule has 0 aromatic heterocycles. The molecular formula is C15H14N2O4. The first kappa shape index (κ1) is 14.5. The molecule has 6 nitrogen and oxygen atoms in total. The van der Waals surface area contributed by atoms with Crippen LogP contribution in [0.3, 0.4) is 0 Å². The van der Waals surface area contributed by atoms with Crippen LogP contribution in [-0.2, 0) is 6.61 Å². The van der Waals surface area contributed by atoms with Gasteiger partial charge in [-0.05, 0) is 24.1 Å². The first-order chi connectivity index (χ1) is 10.1. The van der Waals surface area contributed by atoms with Crippen molar-refractivity contribution in [2.24, 2.45) is 5.16 Å². The van der Waals surface area contributed by atoms with E-state index in [2.05, 4.69) is 5.16 Å². The van der Waals surface area contributed by atoms with E-state index in [0.717, 1.165) is 17.3 Å². The molecule has 0 heterocycles. The van der Waals surface area contributed by atoms with Crippen LogP contribution >= 0.6 is 0 Å². The van der Waals surface area contributed by atoms with E-state index in [0.29, 0.717) is 17.9 Å². The number of ether oxygens (including phenoxy) is 1. The van der Waals surface area contributed by atoms with Gasteiger partial charge in [0.2, 0.25) is 0 Å². The Labute approximate surface area is 121 Å². The molecule has 21 heavy (non-hydrogen) atoms. The molecule has 0 saturated carbocycles. The van der Waals surface area contributed by atoms with Gasteiger partial charge in [-0.1, -0.05) is 29.4 Å². The van der Waals surface area contributed by atoms with Gasteiger partial charge in [-0.3, -0.25) is 10.1 Å². The lowest BCUT2D eigenvalue weighted by Crippen LogP contribution is -2.01. The van der Waals surface area contributed by atoms with Crippen LogP contribution in [0.15, 0.2) is 47.6 Å². The average molecular weight is 286 g/mol. The van der Waals surface area contributed by atoms with Gasteiger partial charge in [0.25, 0.3) is 5.69 Å². The lowest BCUT2D eigenvalue weighted by Gasteiger charge is -2.10. The summed E-state index contributed by atoms with van der Waals surface area (Å²) in [6.07, 6.45) is 1.11. The summed E-state index contributed by atoms with van der Waals surface area (Å²) in [5.41, 5.74) is 2.37. The van der Waals surface area contributed by atoms with Gasteiger partial charge >= 0.3 is 0 Å².